The van der Waals surface area contributed by atoms with Crippen molar-refractivity contribution < 1.29 is 4.39 Å². The Morgan fingerprint density at radius 3 is 2.65 bits per heavy atom. The van der Waals surface area contributed by atoms with Crippen LogP contribution in [0.5, 0.6) is 0 Å². The fourth-order valence-corrected chi connectivity index (χ4v) is 3.32. The van der Waals surface area contributed by atoms with Crippen molar-refractivity contribution in [3.8, 4) is 11.3 Å². The van der Waals surface area contributed by atoms with Crippen LogP contribution >= 0.6 is 0 Å². The number of aromatic nitrogens is 3. The molecule has 0 aliphatic carbocycles. The van der Waals surface area contributed by atoms with Gasteiger partial charge >= 0.3 is 0 Å². The summed E-state index contributed by atoms with van der Waals surface area (Å²) in [4.78, 5) is 2.37. The first-order valence-electron chi connectivity index (χ1n) is 7.74. The Bertz CT molecular complexity index is 845. The van der Waals surface area contributed by atoms with E-state index in [2.05, 4.69) is 40.1 Å². The lowest BCUT2D eigenvalue weighted by Gasteiger charge is -2.21. The van der Waals surface area contributed by atoms with Gasteiger partial charge in [-0.25, -0.2) is 4.39 Å². The molecular weight excluding hydrogens is 291 g/mol. The smallest absolute Gasteiger partial charge is 0.123 e. The van der Waals surface area contributed by atoms with Crippen molar-refractivity contribution in [2.24, 2.45) is 14.1 Å². The molecule has 3 heterocycles. The number of fused-ring (bicyclic) bond motifs is 3. The Labute approximate surface area is 134 Å². The van der Waals surface area contributed by atoms with Gasteiger partial charge < -0.3 is 4.57 Å². The molecule has 3 aromatic rings. The highest BCUT2D eigenvalue weighted by Gasteiger charge is 2.24. The first-order chi connectivity index (χ1) is 11.1. The molecule has 0 unspecified atom stereocenters. The zero-order chi connectivity index (χ0) is 16.0. The molecule has 0 spiro atoms. The van der Waals surface area contributed by atoms with E-state index >= 15 is 0 Å². The van der Waals surface area contributed by atoms with E-state index in [1.807, 2.05) is 23.9 Å². The Morgan fingerprint density at radius 1 is 1.09 bits per heavy atom. The van der Waals surface area contributed by atoms with E-state index in [1.54, 1.807) is 0 Å². The average molecular weight is 310 g/mol. The molecule has 5 heteroatoms. The molecular formula is C18H19FN4. The first kappa shape index (κ1) is 14.2. The van der Waals surface area contributed by atoms with E-state index in [0.29, 0.717) is 0 Å². The topological polar surface area (TPSA) is 26.0 Å². The van der Waals surface area contributed by atoms with Gasteiger partial charge in [-0.05, 0) is 23.8 Å². The summed E-state index contributed by atoms with van der Waals surface area (Å²) in [7, 11) is 4.03. The van der Waals surface area contributed by atoms with Crippen LogP contribution < -0.4 is 0 Å². The van der Waals surface area contributed by atoms with Crippen molar-refractivity contribution >= 4 is 0 Å². The van der Waals surface area contributed by atoms with Gasteiger partial charge in [0.1, 0.15) is 5.82 Å². The molecule has 4 rings (SSSR count). The normalized spacial score (nSPS) is 14.4. The molecule has 0 bridgehead atoms. The minimum absolute atomic E-state index is 0.191. The number of hydrogen-bond donors (Lipinski definition) is 0. The summed E-state index contributed by atoms with van der Waals surface area (Å²) in [6.45, 7) is 2.49. The lowest BCUT2D eigenvalue weighted by Crippen LogP contribution is -2.22. The van der Waals surface area contributed by atoms with E-state index in [9.17, 15) is 4.39 Å². The number of nitrogens with zero attached hydrogens (tertiary/aromatic N) is 4. The summed E-state index contributed by atoms with van der Waals surface area (Å²) in [5.41, 5.74) is 5.91. The maximum absolute atomic E-state index is 13.1. The molecule has 0 N–H and O–H groups in total. The van der Waals surface area contributed by atoms with E-state index in [-0.39, 0.29) is 5.82 Å². The SMILES string of the molecule is Cn1cc2c(n1)-c1ccn(C)c1CN(Cc1ccc(F)cc1)C2. The minimum atomic E-state index is -0.191. The number of benzene rings is 1. The fraction of sp³-hybridized carbons (Fsp3) is 0.278. The molecule has 2 aromatic heterocycles. The largest absolute Gasteiger partial charge is 0.353 e. The maximum Gasteiger partial charge on any atom is 0.123 e. The van der Waals surface area contributed by atoms with Crippen molar-refractivity contribution in [1.29, 1.82) is 0 Å². The maximum atomic E-state index is 13.1. The second-order valence-electron chi connectivity index (χ2n) is 6.24. The summed E-state index contributed by atoms with van der Waals surface area (Å²) in [6, 6.07) is 8.91. The first-order valence-corrected chi connectivity index (χ1v) is 7.74. The van der Waals surface area contributed by atoms with Gasteiger partial charge in [0.05, 0.1) is 5.69 Å². The van der Waals surface area contributed by atoms with Gasteiger partial charge in [-0.2, -0.15) is 5.10 Å². The lowest BCUT2D eigenvalue weighted by molar-refractivity contribution is 0.245. The molecule has 4 nitrogen and oxygen atoms in total. The predicted octanol–water partition coefficient (Wildman–Crippen LogP) is 3.08. The minimum Gasteiger partial charge on any atom is -0.353 e. The van der Waals surface area contributed by atoms with Gasteiger partial charge in [0.2, 0.25) is 0 Å². The third kappa shape index (κ3) is 2.57. The third-order valence-electron chi connectivity index (χ3n) is 4.45. The summed E-state index contributed by atoms with van der Waals surface area (Å²) < 4.78 is 17.2. The second kappa shape index (κ2) is 5.35. The van der Waals surface area contributed by atoms with E-state index in [0.717, 1.165) is 30.9 Å². The van der Waals surface area contributed by atoms with Crippen LogP contribution in [0.4, 0.5) is 4.39 Å². The molecule has 0 amide bonds. The Morgan fingerprint density at radius 2 is 1.87 bits per heavy atom. The molecule has 0 saturated heterocycles. The van der Waals surface area contributed by atoms with E-state index in [4.69, 9.17) is 0 Å². The molecule has 0 atom stereocenters. The van der Waals surface area contributed by atoms with Gasteiger partial charge in [0.15, 0.2) is 0 Å². The Kier molecular flexibility index (Phi) is 3.31. The Hall–Kier alpha value is -2.40. The molecule has 1 aromatic carbocycles. The molecule has 0 radical (unpaired) electrons. The van der Waals surface area contributed by atoms with Crippen LogP contribution in [0.1, 0.15) is 16.8 Å². The van der Waals surface area contributed by atoms with E-state index in [1.165, 1.54) is 29.0 Å². The van der Waals surface area contributed by atoms with Crippen molar-refractivity contribution in [3.05, 3.63) is 65.4 Å². The molecule has 118 valence electrons. The molecule has 1 aliphatic rings. The predicted molar refractivity (Wildman–Crippen MR) is 87.0 cm³/mol. The van der Waals surface area contributed by atoms with Crippen molar-refractivity contribution in [2.75, 3.05) is 0 Å². The van der Waals surface area contributed by atoms with Crippen LogP contribution in [-0.2, 0) is 33.7 Å². The number of halogens is 1. The quantitative estimate of drug-likeness (QED) is 0.727. The van der Waals surface area contributed by atoms with E-state index < -0.39 is 0 Å². The van der Waals surface area contributed by atoms with Crippen LogP contribution in [0.25, 0.3) is 11.3 Å². The average Bonchev–Trinajstić information content (AvgIpc) is 3.01. The highest BCUT2D eigenvalue weighted by atomic mass is 19.1. The van der Waals surface area contributed by atoms with Gasteiger partial charge in [-0.15, -0.1) is 0 Å². The van der Waals surface area contributed by atoms with Gasteiger partial charge in [-0.3, -0.25) is 9.58 Å². The zero-order valence-corrected chi connectivity index (χ0v) is 13.3. The van der Waals surface area contributed by atoms with Gasteiger partial charge in [-0.1, -0.05) is 12.1 Å². The van der Waals surface area contributed by atoms with Crippen molar-refractivity contribution in [1.82, 2.24) is 19.2 Å². The molecule has 0 saturated carbocycles. The summed E-state index contributed by atoms with van der Waals surface area (Å²) in [5.74, 6) is -0.191. The monoisotopic (exact) mass is 310 g/mol. The fourth-order valence-electron chi connectivity index (χ4n) is 3.32. The number of hydrogen-bond acceptors (Lipinski definition) is 2. The highest BCUT2D eigenvalue weighted by Crippen LogP contribution is 2.32. The zero-order valence-electron chi connectivity index (χ0n) is 13.3. The third-order valence-corrected chi connectivity index (χ3v) is 4.45. The Balaban J connectivity index is 1.71. The highest BCUT2D eigenvalue weighted by molar-refractivity contribution is 5.66. The standard InChI is InChI=1S/C18H19FN4/c1-21-8-7-16-17(21)12-23(9-13-3-5-15(19)6-4-13)11-14-10-22(2)20-18(14)16/h3-8,10H,9,11-12H2,1-2H3. The van der Waals surface area contributed by atoms with Gasteiger partial charge in [0.25, 0.3) is 0 Å². The molecule has 0 fully saturated rings. The van der Waals surface area contributed by atoms with Crippen LogP contribution in [0, 0.1) is 5.82 Å². The van der Waals surface area contributed by atoms with Crippen LogP contribution in [0.3, 0.4) is 0 Å². The summed E-state index contributed by atoms with van der Waals surface area (Å²) in [5, 5.41) is 4.65. The van der Waals surface area contributed by atoms with Crippen LogP contribution in [-0.4, -0.2) is 19.2 Å². The van der Waals surface area contributed by atoms with Crippen molar-refractivity contribution in [2.45, 2.75) is 19.6 Å². The van der Waals surface area contributed by atoms with Crippen LogP contribution in [0.15, 0.2) is 42.7 Å². The number of rotatable bonds is 2. The summed E-state index contributed by atoms with van der Waals surface area (Å²) >= 11 is 0. The second-order valence-corrected chi connectivity index (χ2v) is 6.24. The molecule has 1 aliphatic heterocycles. The van der Waals surface area contributed by atoms with Gasteiger partial charge in [0, 0.05) is 62.9 Å². The van der Waals surface area contributed by atoms with Crippen LogP contribution in [0.2, 0.25) is 0 Å². The summed E-state index contributed by atoms with van der Waals surface area (Å²) in [6.07, 6.45) is 4.18. The molecule has 23 heavy (non-hydrogen) atoms. The van der Waals surface area contributed by atoms with Crippen molar-refractivity contribution in [3.63, 3.8) is 0 Å². The lowest BCUT2D eigenvalue weighted by atomic mass is 10.1. The number of aryl methyl sites for hydroxylation is 2.